The Morgan fingerprint density at radius 3 is 2.60 bits per heavy atom. The number of nitrogen functional groups attached to an aromatic ring is 1. The van der Waals surface area contributed by atoms with Gasteiger partial charge < -0.3 is 11.1 Å². The summed E-state index contributed by atoms with van der Waals surface area (Å²) in [5.74, 6) is -0.0714. The summed E-state index contributed by atoms with van der Waals surface area (Å²) in [6.45, 7) is 2.02. The third-order valence-corrected chi connectivity index (χ3v) is 3.24. The third kappa shape index (κ3) is 4.12. The Morgan fingerprint density at radius 2 is 1.90 bits per heavy atom. The summed E-state index contributed by atoms with van der Waals surface area (Å²) in [6.07, 6.45) is 1.87. The number of hydrogen-bond acceptors (Lipinski definition) is 2. The molecule has 1 amide bonds. The summed E-state index contributed by atoms with van der Waals surface area (Å²) in [7, 11) is 0. The van der Waals surface area contributed by atoms with Crippen molar-refractivity contribution < 1.29 is 4.79 Å². The molecule has 3 N–H and O–H groups in total. The molecule has 0 heterocycles. The first-order chi connectivity index (χ1) is 9.65. The van der Waals surface area contributed by atoms with Gasteiger partial charge in [0.15, 0.2) is 0 Å². The topological polar surface area (TPSA) is 55.1 Å². The molecule has 20 heavy (non-hydrogen) atoms. The van der Waals surface area contributed by atoms with Crippen molar-refractivity contribution in [3.8, 4) is 0 Å². The lowest BCUT2D eigenvalue weighted by Gasteiger charge is -2.14. The van der Waals surface area contributed by atoms with Crippen LogP contribution in [-0.2, 0) is 6.42 Å². The second kappa shape index (κ2) is 6.75. The van der Waals surface area contributed by atoms with Gasteiger partial charge in [-0.15, -0.1) is 0 Å². The molecule has 1 atom stereocenters. The summed E-state index contributed by atoms with van der Waals surface area (Å²) >= 11 is 0. The SMILES string of the molecule is CC(CCc1ccccc1)NC(=O)c1cccc(N)c1. The van der Waals surface area contributed by atoms with Gasteiger partial charge in [-0.3, -0.25) is 4.79 Å². The van der Waals surface area contributed by atoms with Crippen molar-refractivity contribution in [2.45, 2.75) is 25.8 Å². The van der Waals surface area contributed by atoms with Crippen molar-refractivity contribution >= 4 is 11.6 Å². The number of hydrogen-bond donors (Lipinski definition) is 2. The van der Waals surface area contributed by atoms with E-state index in [2.05, 4.69) is 17.4 Å². The smallest absolute Gasteiger partial charge is 0.251 e. The highest BCUT2D eigenvalue weighted by atomic mass is 16.1. The minimum Gasteiger partial charge on any atom is -0.399 e. The summed E-state index contributed by atoms with van der Waals surface area (Å²) in [6, 6.07) is 17.4. The fourth-order valence-corrected chi connectivity index (χ4v) is 2.09. The standard InChI is InChI=1S/C17H20N2O/c1-13(10-11-14-6-3-2-4-7-14)19-17(20)15-8-5-9-16(18)12-15/h2-9,12-13H,10-11,18H2,1H3,(H,19,20). The number of nitrogens with two attached hydrogens (primary N) is 1. The lowest BCUT2D eigenvalue weighted by Crippen LogP contribution is -2.32. The molecule has 0 aliphatic carbocycles. The molecule has 0 saturated heterocycles. The maximum Gasteiger partial charge on any atom is 0.251 e. The fraction of sp³-hybridized carbons (Fsp3) is 0.235. The zero-order chi connectivity index (χ0) is 14.4. The van der Waals surface area contributed by atoms with Crippen molar-refractivity contribution in [2.75, 3.05) is 5.73 Å². The van der Waals surface area contributed by atoms with Crippen LogP contribution in [0.2, 0.25) is 0 Å². The number of aryl methyl sites for hydroxylation is 1. The molecular weight excluding hydrogens is 248 g/mol. The predicted molar refractivity (Wildman–Crippen MR) is 82.5 cm³/mol. The molecular formula is C17H20N2O. The third-order valence-electron chi connectivity index (χ3n) is 3.24. The molecule has 3 nitrogen and oxygen atoms in total. The highest BCUT2D eigenvalue weighted by molar-refractivity contribution is 5.95. The molecule has 104 valence electrons. The van der Waals surface area contributed by atoms with Crippen molar-refractivity contribution in [1.29, 1.82) is 0 Å². The average molecular weight is 268 g/mol. The minimum atomic E-state index is -0.0714. The summed E-state index contributed by atoms with van der Waals surface area (Å²) < 4.78 is 0. The van der Waals surface area contributed by atoms with E-state index < -0.39 is 0 Å². The van der Waals surface area contributed by atoms with Gasteiger partial charge in [0.05, 0.1) is 0 Å². The number of amides is 1. The maximum atomic E-state index is 12.1. The first kappa shape index (κ1) is 14.1. The zero-order valence-corrected chi connectivity index (χ0v) is 11.7. The highest BCUT2D eigenvalue weighted by Gasteiger charge is 2.09. The van der Waals surface area contributed by atoms with Crippen LogP contribution in [-0.4, -0.2) is 11.9 Å². The Labute approximate surface area is 119 Å². The van der Waals surface area contributed by atoms with Gasteiger partial charge in [0.2, 0.25) is 0 Å². The molecule has 2 rings (SSSR count). The molecule has 0 bridgehead atoms. The molecule has 2 aromatic rings. The summed E-state index contributed by atoms with van der Waals surface area (Å²) in [4.78, 5) is 12.1. The molecule has 0 radical (unpaired) electrons. The van der Waals surface area contributed by atoms with E-state index in [-0.39, 0.29) is 11.9 Å². The van der Waals surface area contributed by atoms with Gasteiger partial charge in [0.1, 0.15) is 0 Å². The van der Waals surface area contributed by atoms with Gasteiger partial charge >= 0.3 is 0 Å². The molecule has 0 aliphatic rings. The maximum absolute atomic E-state index is 12.1. The van der Waals surface area contributed by atoms with Crippen molar-refractivity contribution in [1.82, 2.24) is 5.32 Å². The number of rotatable bonds is 5. The van der Waals surface area contributed by atoms with E-state index in [4.69, 9.17) is 5.73 Å². The van der Waals surface area contributed by atoms with E-state index in [0.717, 1.165) is 12.8 Å². The van der Waals surface area contributed by atoms with Gasteiger partial charge in [-0.05, 0) is 43.5 Å². The second-order valence-corrected chi connectivity index (χ2v) is 5.02. The monoisotopic (exact) mass is 268 g/mol. The molecule has 1 unspecified atom stereocenters. The summed E-state index contributed by atoms with van der Waals surface area (Å²) in [5.41, 5.74) is 8.19. The zero-order valence-electron chi connectivity index (χ0n) is 11.7. The fourth-order valence-electron chi connectivity index (χ4n) is 2.09. The molecule has 0 fully saturated rings. The van der Waals surface area contributed by atoms with E-state index >= 15 is 0 Å². The van der Waals surface area contributed by atoms with E-state index in [9.17, 15) is 4.79 Å². The van der Waals surface area contributed by atoms with Gasteiger partial charge in [0, 0.05) is 17.3 Å². The van der Waals surface area contributed by atoms with Crippen LogP contribution in [0.1, 0.15) is 29.3 Å². The van der Waals surface area contributed by atoms with Gasteiger partial charge in [-0.25, -0.2) is 0 Å². The van der Waals surface area contributed by atoms with E-state index in [0.29, 0.717) is 11.3 Å². The van der Waals surface area contributed by atoms with Crippen molar-refractivity contribution in [2.24, 2.45) is 0 Å². The van der Waals surface area contributed by atoms with Crippen LogP contribution >= 0.6 is 0 Å². The summed E-state index contributed by atoms with van der Waals surface area (Å²) in [5, 5.41) is 3.00. The average Bonchev–Trinajstić information content (AvgIpc) is 2.46. The quantitative estimate of drug-likeness (QED) is 0.819. The largest absolute Gasteiger partial charge is 0.399 e. The normalized spacial score (nSPS) is 11.8. The van der Waals surface area contributed by atoms with Crippen LogP contribution in [0.15, 0.2) is 54.6 Å². The van der Waals surface area contributed by atoms with Crippen LogP contribution < -0.4 is 11.1 Å². The van der Waals surface area contributed by atoms with Crippen LogP contribution in [0, 0.1) is 0 Å². The lowest BCUT2D eigenvalue weighted by molar-refractivity contribution is 0.0938. The van der Waals surface area contributed by atoms with Gasteiger partial charge in [-0.2, -0.15) is 0 Å². The Bertz CT molecular complexity index is 566. The van der Waals surface area contributed by atoms with Gasteiger partial charge in [0.25, 0.3) is 5.91 Å². The second-order valence-electron chi connectivity index (χ2n) is 5.02. The number of benzene rings is 2. The molecule has 0 spiro atoms. The van der Waals surface area contributed by atoms with Crippen molar-refractivity contribution in [3.05, 3.63) is 65.7 Å². The van der Waals surface area contributed by atoms with Crippen LogP contribution in [0.3, 0.4) is 0 Å². The molecule has 3 heteroatoms. The van der Waals surface area contributed by atoms with Crippen LogP contribution in [0.5, 0.6) is 0 Å². The number of carbonyl (C=O) groups excluding carboxylic acids is 1. The predicted octanol–water partition coefficient (Wildman–Crippen LogP) is 3.02. The Kier molecular flexibility index (Phi) is 4.77. The van der Waals surface area contributed by atoms with E-state index in [1.807, 2.05) is 25.1 Å². The van der Waals surface area contributed by atoms with Crippen LogP contribution in [0.25, 0.3) is 0 Å². The Hall–Kier alpha value is -2.29. The number of anilines is 1. The first-order valence-corrected chi connectivity index (χ1v) is 6.85. The van der Waals surface area contributed by atoms with Crippen molar-refractivity contribution in [3.63, 3.8) is 0 Å². The van der Waals surface area contributed by atoms with Gasteiger partial charge in [-0.1, -0.05) is 36.4 Å². The molecule has 0 aliphatic heterocycles. The Morgan fingerprint density at radius 1 is 1.15 bits per heavy atom. The lowest BCUT2D eigenvalue weighted by atomic mass is 10.1. The number of nitrogens with one attached hydrogen (secondary N) is 1. The molecule has 0 aromatic heterocycles. The van der Waals surface area contributed by atoms with Crippen LogP contribution in [0.4, 0.5) is 5.69 Å². The van der Waals surface area contributed by atoms with E-state index in [1.165, 1.54) is 5.56 Å². The Balaban J connectivity index is 1.85. The first-order valence-electron chi connectivity index (χ1n) is 6.85. The molecule has 2 aromatic carbocycles. The van der Waals surface area contributed by atoms with E-state index in [1.54, 1.807) is 24.3 Å². The number of carbonyl (C=O) groups is 1. The molecule has 0 saturated carbocycles. The highest BCUT2D eigenvalue weighted by Crippen LogP contribution is 2.08. The minimum absolute atomic E-state index is 0.0714.